The van der Waals surface area contributed by atoms with E-state index in [2.05, 4.69) is 85.0 Å². The molecule has 2 atom stereocenters. The largest absolute Gasteiger partial charge is 0.496 e. The van der Waals surface area contributed by atoms with E-state index in [9.17, 15) is 0 Å². The molecule has 0 heterocycles. The summed E-state index contributed by atoms with van der Waals surface area (Å²) in [6, 6.07) is 17.1. The minimum absolute atomic E-state index is 0. The summed E-state index contributed by atoms with van der Waals surface area (Å²) in [6.45, 7) is 0. The first-order chi connectivity index (χ1) is 28.6. The molecule has 2 aromatic carbocycles. The van der Waals surface area contributed by atoms with Crippen LogP contribution in [0.1, 0.15) is 152 Å². The van der Waals surface area contributed by atoms with Gasteiger partial charge in [-0.15, -0.1) is 0 Å². The number of ether oxygens (including phenoxy) is 4. The fourth-order valence-electron chi connectivity index (χ4n) is 11.9. The average Bonchev–Trinajstić information content (AvgIpc) is 3.31. The Morgan fingerprint density at radius 3 is 1.03 bits per heavy atom. The van der Waals surface area contributed by atoms with Crippen molar-refractivity contribution in [3.05, 3.63) is 96.1 Å². The molecule has 2 aromatic rings. The molecular formula is C52H74O4P2Pd. The van der Waals surface area contributed by atoms with Crippen LogP contribution in [0, 0.1) is 0 Å². The van der Waals surface area contributed by atoms with Gasteiger partial charge < -0.3 is 18.9 Å². The van der Waals surface area contributed by atoms with Gasteiger partial charge in [0, 0.05) is 58.6 Å². The van der Waals surface area contributed by atoms with Crippen molar-refractivity contribution in [2.75, 3.05) is 28.4 Å². The van der Waals surface area contributed by atoms with Crippen molar-refractivity contribution in [3.63, 3.8) is 0 Å². The summed E-state index contributed by atoms with van der Waals surface area (Å²) in [7, 11) is 6.98. The molecule has 4 saturated carbocycles. The number of benzene rings is 2. The molecule has 4 fully saturated rings. The molecule has 0 N–H and O–H groups in total. The summed E-state index contributed by atoms with van der Waals surface area (Å²) in [5.41, 5.74) is 8.53. The van der Waals surface area contributed by atoms with Crippen molar-refractivity contribution in [2.45, 2.75) is 175 Å². The number of para-hydroxylation sites is 2. The van der Waals surface area contributed by atoms with Crippen molar-refractivity contribution in [3.8, 4) is 11.5 Å². The van der Waals surface area contributed by atoms with Gasteiger partial charge in [-0.2, -0.15) is 0 Å². The number of hydrogen-bond donors (Lipinski definition) is 0. The Kier molecular flexibility index (Phi) is 18.5. The monoisotopic (exact) mass is 930 g/mol. The van der Waals surface area contributed by atoms with Crippen LogP contribution < -0.4 is 9.47 Å². The van der Waals surface area contributed by atoms with Crippen LogP contribution in [0.3, 0.4) is 0 Å². The molecule has 0 aromatic heterocycles. The maximum atomic E-state index is 6.67. The van der Waals surface area contributed by atoms with Crippen LogP contribution in [0.5, 0.6) is 11.5 Å². The van der Waals surface area contributed by atoms with Gasteiger partial charge in [-0.25, -0.2) is 0 Å². The van der Waals surface area contributed by atoms with E-state index in [-0.39, 0.29) is 47.0 Å². The van der Waals surface area contributed by atoms with E-state index in [0.717, 1.165) is 47.0 Å². The van der Waals surface area contributed by atoms with Crippen molar-refractivity contribution in [1.82, 2.24) is 0 Å². The van der Waals surface area contributed by atoms with E-state index in [4.69, 9.17) is 18.9 Å². The molecule has 0 aliphatic heterocycles. The predicted octanol–water partition coefficient (Wildman–Crippen LogP) is 15.1. The van der Waals surface area contributed by atoms with Gasteiger partial charge in [-0.3, -0.25) is 0 Å². The zero-order valence-electron chi connectivity index (χ0n) is 36.8. The Hall–Kier alpha value is -1.56. The zero-order valence-corrected chi connectivity index (χ0v) is 40.1. The maximum Gasteiger partial charge on any atom is 0.126 e. The Morgan fingerprint density at radius 1 is 0.441 bits per heavy atom. The quantitative estimate of drug-likeness (QED) is 0.157. The molecule has 2 unspecified atom stereocenters. The van der Waals surface area contributed by atoms with Crippen LogP contribution in [-0.4, -0.2) is 61.8 Å². The van der Waals surface area contributed by atoms with E-state index in [1.165, 1.54) is 151 Å². The average molecular weight is 932 g/mol. The number of hydrogen-bond acceptors (Lipinski definition) is 4. The molecule has 4 nitrogen and oxygen atoms in total. The summed E-state index contributed by atoms with van der Waals surface area (Å²) in [5, 5.41) is -0.356. The molecule has 0 bridgehead atoms. The minimum Gasteiger partial charge on any atom is -0.496 e. The van der Waals surface area contributed by atoms with E-state index in [1.54, 1.807) is 14.2 Å². The molecule has 6 aliphatic rings. The third-order valence-electron chi connectivity index (χ3n) is 14.6. The Bertz CT molecular complexity index is 1550. The van der Waals surface area contributed by atoms with Crippen LogP contribution in [0.15, 0.2) is 85.0 Å². The van der Waals surface area contributed by atoms with E-state index < -0.39 is 0 Å². The van der Waals surface area contributed by atoms with Crippen molar-refractivity contribution < 1.29 is 39.4 Å². The van der Waals surface area contributed by atoms with Crippen LogP contribution >= 0.6 is 15.8 Å². The second kappa shape index (κ2) is 23.2. The number of allylic oxidation sites excluding steroid dienone is 4. The third kappa shape index (κ3) is 10.5. The number of methoxy groups -OCH3 is 4. The zero-order chi connectivity index (χ0) is 40.2. The Morgan fingerprint density at radius 2 is 0.746 bits per heavy atom. The van der Waals surface area contributed by atoms with E-state index in [1.807, 2.05) is 14.2 Å². The van der Waals surface area contributed by atoms with Crippen LogP contribution in [0.4, 0.5) is 0 Å². The van der Waals surface area contributed by atoms with Gasteiger partial charge in [0.2, 0.25) is 0 Å². The fraction of sp³-hybridized carbons (Fsp3) is 0.615. The SMILES string of the molecule is COc1ccccc1C1=CC=CCC1(OC)P(C1CCCCC1)C1CCCCC1.COc1ccccc1C1=CC=CCC1(OC)P(C1CCCCC1)C1CCCCC1.[Pd]. The molecule has 6 aliphatic carbocycles. The van der Waals surface area contributed by atoms with Gasteiger partial charge >= 0.3 is 0 Å². The van der Waals surface area contributed by atoms with Gasteiger partial charge in [0.1, 0.15) is 22.2 Å². The van der Waals surface area contributed by atoms with Crippen molar-refractivity contribution in [1.29, 1.82) is 0 Å². The fourth-order valence-corrected chi connectivity index (χ4v) is 21.1. The molecule has 7 heteroatoms. The molecule has 0 saturated heterocycles. The normalized spacial score (nSPS) is 26.1. The van der Waals surface area contributed by atoms with Gasteiger partial charge in [-0.1, -0.05) is 166 Å². The molecule has 0 radical (unpaired) electrons. The second-order valence-electron chi connectivity index (χ2n) is 17.8. The summed E-state index contributed by atoms with van der Waals surface area (Å²) in [6.07, 6.45) is 43.9. The van der Waals surface area contributed by atoms with Gasteiger partial charge in [0.25, 0.3) is 0 Å². The Balaban J connectivity index is 0.000000195. The molecule has 0 amide bonds. The predicted molar refractivity (Wildman–Crippen MR) is 250 cm³/mol. The van der Waals surface area contributed by atoms with Gasteiger partial charge in [-0.05, 0) is 97.3 Å². The summed E-state index contributed by atoms with van der Waals surface area (Å²) < 4.78 is 24.9. The Labute approximate surface area is 375 Å². The molecule has 326 valence electrons. The first-order valence-corrected chi connectivity index (χ1v) is 26.2. The molecule has 0 spiro atoms. The maximum absolute atomic E-state index is 6.67. The second-order valence-corrected chi connectivity index (χ2v) is 23.8. The molecule has 8 rings (SSSR count). The van der Waals surface area contributed by atoms with Crippen LogP contribution in [0.25, 0.3) is 11.1 Å². The smallest absolute Gasteiger partial charge is 0.126 e. The molecular weight excluding hydrogens is 857 g/mol. The van der Waals surface area contributed by atoms with E-state index >= 15 is 0 Å². The van der Waals surface area contributed by atoms with Crippen LogP contribution in [0.2, 0.25) is 0 Å². The summed E-state index contributed by atoms with van der Waals surface area (Å²) in [5.74, 6) is 1.94. The first-order valence-electron chi connectivity index (χ1n) is 23.3. The topological polar surface area (TPSA) is 36.9 Å². The summed E-state index contributed by atoms with van der Waals surface area (Å²) in [4.78, 5) is 0. The number of rotatable bonds is 12. The van der Waals surface area contributed by atoms with E-state index in [0.29, 0.717) is 0 Å². The van der Waals surface area contributed by atoms with Crippen molar-refractivity contribution >= 4 is 27.0 Å². The molecule has 59 heavy (non-hydrogen) atoms. The summed E-state index contributed by atoms with van der Waals surface area (Å²) >= 11 is 0. The van der Waals surface area contributed by atoms with Gasteiger partial charge in [0.15, 0.2) is 0 Å². The van der Waals surface area contributed by atoms with Crippen LogP contribution in [-0.2, 0) is 29.9 Å². The third-order valence-corrected chi connectivity index (χ3v) is 22.7. The standard InChI is InChI=1S/2C26H37O2P.Pd/c2*1-27-25-19-10-9-17-23(25)24-18-11-12-20-26(24,28-2)29(21-13-5-3-6-14-21)22-15-7-4-8-16-22;/h2*9-12,17-19,21-22H,3-8,13-16,20H2,1-2H3;. The van der Waals surface area contributed by atoms with Crippen molar-refractivity contribution in [2.24, 2.45) is 0 Å². The first kappa shape index (κ1) is 46.9. The van der Waals surface area contributed by atoms with Gasteiger partial charge in [0.05, 0.1) is 14.2 Å². The minimum atomic E-state index is -0.277.